The lowest BCUT2D eigenvalue weighted by Gasteiger charge is -2.20. The second kappa shape index (κ2) is 10.6. The molecule has 146 valence electrons. The predicted molar refractivity (Wildman–Crippen MR) is 125 cm³/mol. The van der Waals surface area contributed by atoms with Crippen molar-refractivity contribution in [3.63, 3.8) is 0 Å². The van der Waals surface area contributed by atoms with Crippen LogP contribution in [-0.2, 0) is 0 Å². The molecule has 0 aliphatic carbocycles. The molecule has 0 spiro atoms. The van der Waals surface area contributed by atoms with Gasteiger partial charge in [0, 0.05) is 17.3 Å². The Kier molecular flexibility index (Phi) is 7.89. The number of amides is 1. The maximum atomic E-state index is 13.2. The minimum Gasteiger partial charge on any atom is -0.397 e. The molecule has 0 atom stereocenters. The van der Waals surface area contributed by atoms with Gasteiger partial charge in [-0.2, -0.15) is 0 Å². The number of carbonyl (C=O) groups excluding carboxylic acids is 1. The molecule has 0 bridgehead atoms. The molecule has 0 radical (unpaired) electrons. The van der Waals surface area contributed by atoms with Crippen molar-refractivity contribution in [2.24, 2.45) is 4.99 Å². The number of hydrogen-bond acceptors (Lipinski definition) is 5. The third-order valence-corrected chi connectivity index (χ3v) is 4.91. The van der Waals surface area contributed by atoms with E-state index in [0.717, 1.165) is 11.1 Å². The van der Waals surface area contributed by atoms with Crippen LogP contribution in [0.2, 0.25) is 0 Å². The molecule has 2 N–H and O–H groups in total. The number of hydrogen-bond donors (Lipinski definition) is 1. The second-order valence-corrected chi connectivity index (χ2v) is 6.72. The van der Waals surface area contributed by atoms with Crippen LogP contribution < -0.4 is 5.73 Å². The maximum Gasteiger partial charge on any atom is 0.271 e. The minimum atomic E-state index is -0.260. The number of nitrogen functional groups attached to an aromatic ring is 1. The van der Waals surface area contributed by atoms with Crippen LogP contribution in [0.3, 0.4) is 0 Å². The van der Waals surface area contributed by atoms with E-state index in [1.54, 1.807) is 37.4 Å². The number of aliphatic imine (C=N–C) groups is 1. The molecule has 0 fully saturated rings. The standard InChI is InChI=1S/C23H22N4OS/c1-5-7-11-17(3)27(16-8-6-2)23(28)21-20(24)19-14-13-18(26-22(19)29-21)12-9-10-15-25-4/h5,7,9-15H,1,3-4,16,24H2,2H3/b11-7-,12-9+,15-10-. The number of anilines is 1. The van der Waals surface area contributed by atoms with E-state index in [1.807, 2.05) is 24.3 Å². The Morgan fingerprint density at radius 1 is 1.38 bits per heavy atom. The Morgan fingerprint density at radius 3 is 2.86 bits per heavy atom. The van der Waals surface area contributed by atoms with Gasteiger partial charge in [0.1, 0.15) is 9.71 Å². The van der Waals surface area contributed by atoms with Crippen LogP contribution in [0.1, 0.15) is 22.3 Å². The van der Waals surface area contributed by atoms with Crippen LogP contribution in [-0.4, -0.2) is 29.1 Å². The summed E-state index contributed by atoms with van der Waals surface area (Å²) in [7, 11) is 0. The first-order chi connectivity index (χ1) is 14.0. The first-order valence-electron chi connectivity index (χ1n) is 8.71. The monoisotopic (exact) mass is 402 g/mol. The first-order valence-corrected chi connectivity index (χ1v) is 9.52. The van der Waals surface area contributed by atoms with E-state index in [4.69, 9.17) is 5.73 Å². The third kappa shape index (κ3) is 5.41. The molecule has 6 heteroatoms. The van der Waals surface area contributed by atoms with Gasteiger partial charge in [-0.3, -0.25) is 14.7 Å². The van der Waals surface area contributed by atoms with Crippen molar-refractivity contribution in [1.29, 1.82) is 0 Å². The lowest BCUT2D eigenvalue weighted by atomic mass is 10.2. The fraction of sp³-hybridized carbons (Fsp3) is 0.0870. The van der Waals surface area contributed by atoms with Crippen molar-refractivity contribution in [2.45, 2.75) is 6.92 Å². The van der Waals surface area contributed by atoms with E-state index in [2.05, 4.69) is 41.7 Å². The molecule has 5 nitrogen and oxygen atoms in total. The highest BCUT2D eigenvalue weighted by Gasteiger charge is 2.23. The molecule has 0 saturated carbocycles. The fourth-order valence-corrected chi connectivity index (χ4v) is 3.43. The average Bonchev–Trinajstić information content (AvgIpc) is 3.05. The highest BCUT2D eigenvalue weighted by atomic mass is 32.1. The van der Waals surface area contributed by atoms with Crippen LogP contribution in [0.5, 0.6) is 0 Å². The topological polar surface area (TPSA) is 71.6 Å². The van der Waals surface area contributed by atoms with Crippen molar-refractivity contribution in [2.75, 3.05) is 12.3 Å². The number of nitrogens with two attached hydrogens (primary N) is 1. The number of pyridine rings is 1. The lowest BCUT2D eigenvalue weighted by molar-refractivity contribution is 0.0833. The van der Waals surface area contributed by atoms with E-state index in [-0.39, 0.29) is 12.5 Å². The summed E-state index contributed by atoms with van der Waals surface area (Å²) in [6.07, 6.45) is 12.0. The lowest BCUT2D eigenvalue weighted by Crippen LogP contribution is -2.29. The van der Waals surface area contributed by atoms with Crippen molar-refractivity contribution < 1.29 is 4.79 Å². The van der Waals surface area contributed by atoms with Crippen LogP contribution >= 0.6 is 11.3 Å². The normalized spacial score (nSPS) is 11.1. The average molecular weight is 403 g/mol. The van der Waals surface area contributed by atoms with E-state index in [1.165, 1.54) is 16.2 Å². The summed E-state index contributed by atoms with van der Waals surface area (Å²) in [5.74, 6) is 5.45. The number of aromatic nitrogens is 1. The summed E-state index contributed by atoms with van der Waals surface area (Å²) in [5.41, 5.74) is 7.93. The second-order valence-electron chi connectivity index (χ2n) is 5.72. The minimum absolute atomic E-state index is 0.217. The number of allylic oxidation sites excluding steroid dienone is 5. The van der Waals surface area contributed by atoms with Crippen LogP contribution in [0.4, 0.5) is 5.69 Å². The van der Waals surface area contributed by atoms with E-state index in [9.17, 15) is 4.79 Å². The zero-order valence-electron chi connectivity index (χ0n) is 16.3. The van der Waals surface area contributed by atoms with E-state index < -0.39 is 0 Å². The number of rotatable bonds is 8. The first kappa shape index (κ1) is 21.6. The third-order valence-electron chi connectivity index (χ3n) is 3.81. The molecule has 0 aliphatic rings. The summed E-state index contributed by atoms with van der Waals surface area (Å²) >= 11 is 1.25. The summed E-state index contributed by atoms with van der Waals surface area (Å²) in [6.45, 7) is 12.9. The van der Waals surface area contributed by atoms with Crippen LogP contribution in [0.15, 0.2) is 72.6 Å². The number of fused-ring (bicyclic) bond motifs is 1. The number of nitrogens with zero attached hydrogens (tertiary/aromatic N) is 3. The Hall–Kier alpha value is -3.69. The molecular formula is C23H22N4OS. The Balaban J connectivity index is 2.42. The summed E-state index contributed by atoms with van der Waals surface area (Å²) < 4.78 is 0. The van der Waals surface area contributed by atoms with Gasteiger partial charge < -0.3 is 5.73 Å². The van der Waals surface area contributed by atoms with Crippen molar-refractivity contribution in [3.05, 3.63) is 78.1 Å². The Labute approximate surface area is 175 Å². The van der Waals surface area contributed by atoms with Crippen LogP contribution in [0, 0.1) is 11.8 Å². The van der Waals surface area contributed by atoms with E-state index in [0.29, 0.717) is 21.1 Å². The molecule has 2 aromatic rings. The zero-order valence-corrected chi connectivity index (χ0v) is 17.1. The fourth-order valence-electron chi connectivity index (χ4n) is 2.38. The van der Waals surface area contributed by atoms with Gasteiger partial charge in [-0.05, 0) is 44.0 Å². The van der Waals surface area contributed by atoms with Gasteiger partial charge in [-0.1, -0.05) is 37.3 Å². The SMILES string of the molecule is C=C/C=C\C(=C)N(CC#CC)C(=O)c1sc2nc(/C=C/C=C\N=C)ccc2c1N. The molecule has 0 aliphatic heterocycles. The molecule has 0 aromatic carbocycles. The van der Waals surface area contributed by atoms with Gasteiger partial charge in [0.25, 0.3) is 5.91 Å². The maximum absolute atomic E-state index is 13.2. The number of carbonyl (C=O) groups is 1. The highest BCUT2D eigenvalue weighted by molar-refractivity contribution is 7.21. The highest BCUT2D eigenvalue weighted by Crippen LogP contribution is 2.34. The molecule has 2 rings (SSSR count). The van der Waals surface area contributed by atoms with Crippen molar-refractivity contribution >= 4 is 45.9 Å². The molecule has 0 saturated heterocycles. The van der Waals surface area contributed by atoms with Gasteiger partial charge in [-0.15, -0.1) is 17.3 Å². The van der Waals surface area contributed by atoms with Gasteiger partial charge >= 0.3 is 0 Å². The number of thiophene rings is 1. The Morgan fingerprint density at radius 2 is 2.17 bits per heavy atom. The molecule has 1 amide bonds. The Bertz CT molecular complexity index is 1090. The molecule has 0 unspecified atom stereocenters. The predicted octanol–water partition coefficient (Wildman–Crippen LogP) is 4.83. The summed E-state index contributed by atoms with van der Waals surface area (Å²) in [5, 5.41) is 0.743. The summed E-state index contributed by atoms with van der Waals surface area (Å²) in [4.78, 5) is 24.0. The molecule has 2 aromatic heterocycles. The van der Waals surface area contributed by atoms with Crippen molar-refractivity contribution in [3.8, 4) is 11.8 Å². The summed E-state index contributed by atoms with van der Waals surface area (Å²) in [6, 6.07) is 3.71. The van der Waals surface area contributed by atoms with Gasteiger partial charge in [-0.25, -0.2) is 4.98 Å². The van der Waals surface area contributed by atoms with Gasteiger partial charge in [0.05, 0.1) is 17.9 Å². The van der Waals surface area contributed by atoms with E-state index >= 15 is 0 Å². The molecule has 2 heterocycles. The van der Waals surface area contributed by atoms with Crippen molar-refractivity contribution in [1.82, 2.24) is 9.88 Å². The van der Waals surface area contributed by atoms with Gasteiger partial charge in [0.2, 0.25) is 0 Å². The molecule has 29 heavy (non-hydrogen) atoms. The molecular weight excluding hydrogens is 380 g/mol. The largest absolute Gasteiger partial charge is 0.397 e. The smallest absolute Gasteiger partial charge is 0.271 e. The quantitative estimate of drug-likeness (QED) is 0.391. The van der Waals surface area contributed by atoms with Crippen LogP contribution in [0.25, 0.3) is 16.3 Å². The zero-order chi connectivity index (χ0) is 21.2. The van der Waals surface area contributed by atoms with Gasteiger partial charge in [0.15, 0.2) is 0 Å².